The number of aryl methyl sites for hydroxylation is 1. The molecule has 1 unspecified atom stereocenters. The number of hydrogen-bond acceptors (Lipinski definition) is 0. The van der Waals surface area contributed by atoms with Gasteiger partial charge in [0.2, 0.25) is 0 Å². The van der Waals surface area contributed by atoms with Crippen molar-refractivity contribution in [3.63, 3.8) is 0 Å². The zero-order chi connectivity index (χ0) is 15.0. The van der Waals surface area contributed by atoms with Crippen LogP contribution in [0.25, 0.3) is 10.8 Å². The zero-order valence-corrected chi connectivity index (χ0v) is 12.9. The summed E-state index contributed by atoms with van der Waals surface area (Å²) in [6.07, 6.45) is 0. The minimum absolute atomic E-state index is 0.236. The monoisotopic (exact) mass is 318 g/mol. The van der Waals surface area contributed by atoms with E-state index in [9.17, 15) is 4.39 Å². The van der Waals surface area contributed by atoms with Crippen molar-refractivity contribution in [2.75, 3.05) is 0 Å². The number of hydrogen-bond donors (Lipinski definition) is 0. The van der Waals surface area contributed by atoms with Gasteiger partial charge in [0, 0.05) is 10.4 Å². The first kappa shape index (κ1) is 14.4. The van der Waals surface area contributed by atoms with Crippen LogP contribution in [0.1, 0.15) is 22.1 Å². The Bertz CT molecular complexity index is 791. The fourth-order valence-corrected chi connectivity index (χ4v) is 3.21. The highest BCUT2D eigenvalue weighted by Gasteiger charge is 2.16. The molecule has 0 aliphatic rings. The highest BCUT2D eigenvalue weighted by atomic mass is 35.5. The Morgan fingerprint density at radius 3 is 2.38 bits per heavy atom. The highest BCUT2D eigenvalue weighted by molar-refractivity contribution is 6.31. The second-order valence-electron chi connectivity index (χ2n) is 5.11. The van der Waals surface area contributed by atoms with Gasteiger partial charge in [-0.2, -0.15) is 0 Å². The van der Waals surface area contributed by atoms with Gasteiger partial charge in [0.15, 0.2) is 0 Å². The molecule has 0 amide bonds. The summed E-state index contributed by atoms with van der Waals surface area (Å²) in [5.74, 6) is -0.236. The molecule has 0 saturated heterocycles. The molecule has 3 aromatic rings. The summed E-state index contributed by atoms with van der Waals surface area (Å²) in [6.45, 7) is 1.97. The minimum Gasteiger partial charge on any atom is -0.206 e. The highest BCUT2D eigenvalue weighted by Crippen LogP contribution is 2.36. The predicted molar refractivity (Wildman–Crippen MR) is 87.8 cm³/mol. The largest absolute Gasteiger partial charge is 0.206 e. The number of halogens is 3. The Balaban J connectivity index is 2.18. The molecule has 21 heavy (non-hydrogen) atoms. The Labute approximate surface area is 133 Å². The predicted octanol–water partition coefficient (Wildman–Crippen LogP) is 6.27. The third-order valence-electron chi connectivity index (χ3n) is 3.53. The van der Waals surface area contributed by atoms with Crippen molar-refractivity contribution in [3.8, 4) is 0 Å². The van der Waals surface area contributed by atoms with E-state index < -0.39 is 0 Å². The van der Waals surface area contributed by atoms with Crippen LogP contribution in [0.2, 0.25) is 5.02 Å². The third-order valence-corrected chi connectivity index (χ3v) is 4.24. The average Bonchev–Trinajstić information content (AvgIpc) is 2.46. The van der Waals surface area contributed by atoms with Gasteiger partial charge in [-0.1, -0.05) is 48.0 Å². The van der Waals surface area contributed by atoms with Crippen LogP contribution in [0.15, 0.2) is 54.6 Å². The molecule has 0 aliphatic heterocycles. The Kier molecular flexibility index (Phi) is 3.88. The fourth-order valence-electron chi connectivity index (χ4n) is 2.60. The molecule has 0 spiro atoms. The summed E-state index contributed by atoms with van der Waals surface area (Å²) in [7, 11) is 0. The van der Waals surface area contributed by atoms with Crippen molar-refractivity contribution in [2.45, 2.75) is 12.3 Å². The summed E-state index contributed by atoms with van der Waals surface area (Å²) in [5.41, 5.74) is 2.85. The number of fused-ring (bicyclic) bond motifs is 1. The van der Waals surface area contributed by atoms with E-state index in [0.717, 1.165) is 22.1 Å². The smallest absolute Gasteiger partial charge is 0.131 e. The normalized spacial score (nSPS) is 12.6. The van der Waals surface area contributed by atoms with Crippen LogP contribution in [-0.4, -0.2) is 0 Å². The molecule has 0 fully saturated rings. The van der Waals surface area contributed by atoms with E-state index in [1.165, 1.54) is 6.07 Å². The van der Waals surface area contributed by atoms with E-state index >= 15 is 0 Å². The molecule has 106 valence electrons. The summed E-state index contributed by atoms with van der Waals surface area (Å²) in [4.78, 5) is 0. The SMILES string of the molecule is Cc1cc(Cl)cc(C(Cl)c2ccc(F)c3ccccc23)c1. The van der Waals surface area contributed by atoms with E-state index in [2.05, 4.69) is 0 Å². The molecule has 3 heteroatoms. The molecule has 0 aromatic heterocycles. The first-order valence-electron chi connectivity index (χ1n) is 6.64. The second kappa shape index (κ2) is 5.67. The number of alkyl halides is 1. The molecule has 0 radical (unpaired) electrons. The molecular weight excluding hydrogens is 306 g/mol. The molecule has 0 N–H and O–H groups in total. The summed E-state index contributed by atoms with van der Waals surface area (Å²) < 4.78 is 13.9. The summed E-state index contributed by atoms with van der Waals surface area (Å²) in [5, 5.41) is 1.70. The van der Waals surface area contributed by atoms with E-state index in [-0.39, 0.29) is 11.2 Å². The first-order chi connectivity index (χ1) is 10.1. The van der Waals surface area contributed by atoms with Gasteiger partial charge in [-0.15, -0.1) is 11.6 Å². The lowest BCUT2D eigenvalue weighted by molar-refractivity contribution is 0.639. The van der Waals surface area contributed by atoms with Crippen LogP contribution in [0.4, 0.5) is 4.39 Å². The number of benzene rings is 3. The van der Waals surface area contributed by atoms with E-state index in [4.69, 9.17) is 23.2 Å². The van der Waals surface area contributed by atoms with Crippen LogP contribution in [-0.2, 0) is 0 Å². The maximum Gasteiger partial charge on any atom is 0.131 e. The molecular formula is C18H13Cl2F. The van der Waals surface area contributed by atoms with Gasteiger partial charge < -0.3 is 0 Å². The van der Waals surface area contributed by atoms with Crippen LogP contribution in [0.3, 0.4) is 0 Å². The second-order valence-corrected chi connectivity index (χ2v) is 5.98. The van der Waals surface area contributed by atoms with Crippen molar-refractivity contribution in [3.05, 3.63) is 82.1 Å². The Morgan fingerprint density at radius 2 is 1.67 bits per heavy atom. The molecule has 0 heterocycles. The maximum atomic E-state index is 13.9. The molecule has 0 bridgehead atoms. The average molecular weight is 319 g/mol. The minimum atomic E-state index is -0.368. The third kappa shape index (κ3) is 2.76. The number of rotatable bonds is 2. The van der Waals surface area contributed by atoms with Gasteiger partial charge in [-0.05, 0) is 47.2 Å². The van der Waals surface area contributed by atoms with Crippen molar-refractivity contribution in [1.82, 2.24) is 0 Å². The molecule has 3 aromatic carbocycles. The summed E-state index contributed by atoms with van der Waals surface area (Å²) in [6, 6.07) is 16.3. The molecule has 0 saturated carbocycles. The molecule has 0 aliphatic carbocycles. The lowest BCUT2D eigenvalue weighted by Crippen LogP contribution is -1.96. The lowest BCUT2D eigenvalue weighted by Gasteiger charge is -2.15. The molecule has 3 rings (SSSR count). The maximum absolute atomic E-state index is 13.9. The Hall–Kier alpha value is -1.57. The van der Waals surface area contributed by atoms with Crippen molar-refractivity contribution >= 4 is 34.0 Å². The van der Waals surface area contributed by atoms with Gasteiger partial charge in [-0.3, -0.25) is 0 Å². The quantitative estimate of drug-likeness (QED) is 0.488. The standard InChI is InChI=1S/C18H13Cl2F/c1-11-8-12(10-13(19)9-11)18(20)16-6-7-17(21)15-5-3-2-4-14(15)16/h2-10,18H,1H3. The fraction of sp³-hybridized carbons (Fsp3) is 0.111. The first-order valence-corrected chi connectivity index (χ1v) is 7.46. The van der Waals surface area contributed by atoms with Crippen molar-refractivity contribution < 1.29 is 4.39 Å². The lowest BCUT2D eigenvalue weighted by atomic mass is 9.97. The van der Waals surface area contributed by atoms with E-state index in [1.54, 1.807) is 12.1 Å². The van der Waals surface area contributed by atoms with Crippen LogP contribution in [0.5, 0.6) is 0 Å². The van der Waals surface area contributed by atoms with Crippen molar-refractivity contribution in [1.29, 1.82) is 0 Å². The van der Waals surface area contributed by atoms with Gasteiger partial charge in [0.25, 0.3) is 0 Å². The van der Waals surface area contributed by atoms with Crippen LogP contribution >= 0.6 is 23.2 Å². The van der Waals surface area contributed by atoms with Gasteiger partial charge in [-0.25, -0.2) is 4.39 Å². The van der Waals surface area contributed by atoms with Crippen LogP contribution in [0, 0.1) is 12.7 Å². The Morgan fingerprint density at radius 1 is 0.952 bits per heavy atom. The van der Waals surface area contributed by atoms with Gasteiger partial charge in [0.05, 0.1) is 5.38 Å². The van der Waals surface area contributed by atoms with Crippen molar-refractivity contribution in [2.24, 2.45) is 0 Å². The summed E-state index contributed by atoms with van der Waals surface area (Å²) >= 11 is 12.7. The topological polar surface area (TPSA) is 0 Å². The zero-order valence-electron chi connectivity index (χ0n) is 11.4. The van der Waals surface area contributed by atoms with Gasteiger partial charge >= 0.3 is 0 Å². The van der Waals surface area contributed by atoms with Gasteiger partial charge in [0.1, 0.15) is 5.82 Å². The van der Waals surface area contributed by atoms with E-state index in [0.29, 0.717) is 10.4 Å². The molecule has 0 nitrogen and oxygen atoms in total. The molecule has 1 atom stereocenters. The van der Waals surface area contributed by atoms with Crippen LogP contribution < -0.4 is 0 Å². The van der Waals surface area contributed by atoms with E-state index in [1.807, 2.05) is 43.3 Å².